The first-order valence-corrected chi connectivity index (χ1v) is 26.0. The van der Waals surface area contributed by atoms with Gasteiger partial charge in [0.15, 0.2) is 5.82 Å². The molecule has 0 spiro atoms. The predicted octanol–water partition coefficient (Wildman–Crippen LogP) is 5.42. The van der Waals surface area contributed by atoms with Gasteiger partial charge < -0.3 is 34.8 Å². The number of nitrogens with zero attached hydrogens (tertiary/aromatic N) is 10. The minimum atomic E-state index is -1.01. The molecule has 3 N–H and O–H groups in total. The molecule has 5 aliphatic heterocycles. The summed E-state index contributed by atoms with van der Waals surface area (Å²) in [5.74, 6) is -1.54. The molecule has 76 heavy (non-hydrogen) atoms. The first-order valence-electron chi connectivity index (χ1n) is 26.0. The number of aliphatic hydroxyl groups excluding tert-OH is 1. The number of anilines is 6. The molecule has 5 aromatic rings. The second-order valence-electron chi connectivity index (χ2n) is 21.4. The number of piperazine rings is 1. The molecule has 0 bridgehead atoms. The molecule has 0 radical (unpaired) electrons. The van der Waals surface area contributed by atoms with Gasteiger partial charge in [-0.25, -0.2) is 15.0 Å². The van der Waals surface area contributed by atoms with E-state index in [4.69, 9.17) is 9.72 Å². The summed E-state index contributed by atoms with van der Waals surface area (Å²) >= 11 is 0. The summed E-state index contributed by atoms with van der Waals surface area (Å²) in [7, 11) is 2.88. The van der Waals surface area contributed by atoms with Crippen LogP contribution >= 0.6 is 0 Å². The Bertz CT molecular complexity index is 3250. The number of aliphatic hydroxyl groups is 1. The van der Waals surface area contributed by atoms with Crippen LogP contribution in [0.3, 0.4) is 0 Å². The van der Waals surface area contributed by atoms with Crippen molar-refractivity contribution < 1.29 is 38.6 Å². The summed E-state index contributed by atoms with van der Waals surface area (Å²) in [4.78, 5) is 105. The summed E-state index contributed by atoms with van der Waals surface area (Å²) in [6.07, 6.45) is 8.10. The van der Waals surface area contributed by atoms with Crippen LogP contribution in [0, 0.1) is 5.41 Å². The van der Waals surface area contributed by atoms with E-state index in [2.05, 4.69) is 67.2 Å². The van der Waals surface area contributed by atoms with Gasteiger partial charge >= 0.3 is 0 Å². The number of nitrogens with one attached hydrogen (secondary N) is 2. The number of hydrogen-bond donors (Lipinski definition) is 3. The van der Waals surface area contributed by atoms with E-state index in [-0.39, 0.29) is 65.3 Å². The number of carbonyl (C=O) groups excluding carboxylic acids is 6. The normalized spacial score (nSPS) is 20.8. The largest absolute Gasteiger partial charge is 0.478 e. The summed E-state index contributed by atoms with van der Waals surface area (Å²) in [5.41, 5.74) is 7.91. The van der Waals surface area contributed by atoms with Crippen molar-refractivity contribution in [2.75, 3.05) is 78.8 Å². The van der Waals surface area contributed by atoms with Crippen LogP contribution in [0.1, 0.15) is 94.5 Å². The number of likely N-dealkylation sites (N-methyl/N-ethyl adjacent to an activating group) is 1. The first kappa shape index (κ1) is 50.2. The third-order valence-corrected chi connectivity index (χ3v) is 16.1. The molecule has 20 heteroatoms. The van der Waals surface area contributed by atoms with Crippen molar-refractivity contribution in [2.24, 2.45) is 5.41 Å². The van der Waals surface area contributed by atoms with Crippen molar-refractivity contribution in [3.8, 4) is 17.1 Å². The van der Waals surface area contributed by atoms with Gasteiger partial charge in [-0.05, 0) is 98.5 Å². The van der Waals surface area contributed by atoms with Crippen molar-refractivity contribution in [1.82, 2.24) is 34.2 Å². The first-order chi connectivity index (χ1) is 36.6. The van der Waals surface area contributed by atoms with Crippen LogP contribution in [0.25, 0.3) is 11.3 Å². The Balaban J connectivity index is 0.774. The van der Waals surface area contributed by atoms with Crippen molar-refractivity contribution in [1.29, 1.82) is 0 Å². The number of ether oxygens (including phenoxy) is 1. The number of benzene rings is 2. The molecule has 0 saturated carbocycles. The maximum absolute atomic E-state index is 14.1. The van der Waals surface area contributed by atoms with Crippen molar-refractivity contribution in [3.63, 3.8) is 0 Å². The van der Waals surface area contributed by atoms with Crippen LogP contribution < -0.4 is 30.1 Å². The molecule has 394 valence electrons. The van der Waals surface area contributed by atoms with Gasteiger partial charge in [-0.1, -0.05) is 26.5 Å². The lowest BCUT2D eigenvalue weighted by Gasteiger charge is -2.47. The Hall–Kier alpha value is -7.97. The third kappa shape index (κ3) is 8.71. The topological polar surface area (TPSA) is 219 Å². The van der Waals surface area contributed by atoms with E-state index in [1.807, 2.05) is 30.3 Å². The average molecular weight is 1030 g/mol. The number of pyridine rings is 1. The fourth-order valence-corrected chi connectivity index (χ4v) is 12.4. The lowest BCUT2D eigenvalue weighted by atomic mass is 9.90. The molecule has 3 aromatic heterocycles. The number of piperidine rings is 2. The van der Waals surface area contributed by atoms with E-state index >= 15 is 0 Å². The van der Waals surface area contributed by atoms with Gasteiger partial charge in [-0.2, -0.15) is 0 Å². The molecular weight excluding hydrogens is 969 g/mol. The number of aromatic nitrogens is 4. The number of rotatable bonds is 12. The Morgan fingerprint density at radius 3 is 2.46 bits per heavy atom. The number of likely N-dealkylation sites (tertiary alicyclic amines) is 1. The van der Waals surface area contributed by atoms with Gasteiger partial charge in [-0.15, -0.1) is 0 Å². The minimum Gasteiger partial charge on any atom is -0.478 e. The minimum absolute atomic E-state index is 0.0568. The quantitative estimate of drug-likeness (QED) is 0.105. The molecule has 11 rings (SSSR count). The molecule has 3 saturated heterocycles. The number of fused-ring (bicyclic) bond motifs is 4. The van der Waals surface area contributed by atoms with E-state index in [1.54, 1.807) is 35.5 Å². The van der Waals surface area contributed by atoms with Crippen molar-refractivity contribution in [2.45, 2.75) is 90.6 Å². The molecule has 3 fully saturated rings. The Kier molecular flexibility index (Phi) is 13.0. The van der Waals surface area contributed by atoms with E-state index in [9.17, 15) is 33.9 Å². The lowest BCUT2D eigenvalue weighted by molar-refractivity contribution is -0.149. The van der Waals surface area contributed by atoms with Crippen LogP contribution in [-0.2, 0) is 40.4 Å². The fraction of sp³-hybridized carbons (Fsp3) is 0.411. The van der Waals surface area contributed by atoms with E-state index < -0.39 is 30.4 Å². The summed E-state index contributed by atoms with van der Waals surface area (Å²) < 4.78 is 7.81. The molecule has 2 atom stereocenters. The van der Waals surface area contributed by atoms with Crippen LogP contribution in [0.2, 0.25) is 0 Å². The van der Waals surface area contributed by atoms with Crippen molar-refractivity contribution in [3.05, 3.63) is 107 Å². The highest BCUT2D eigenvalue weighted by atomic mass is 16.5. The van der Waals surface area contributed by atoms with E-state index in [0.29, 0.717) is 83.7 Å². The smallest absolute Gasteiger partial charge is 0.276 e. The van der Waals surface area contributed by atoms with Gasteiger partial charge in [0, 0.05) is 100 Å². The number of carbonyl (C=O) groups is 6. The Morgan fingerprint density at radius 1 is 0.908 bits per heavy atom. The van der Waals surface area contributed by atoms with E-state index in [1.165, 1.54) is 31.5 Å². The zero-order chi connectivity index (χ0) is 53.3. The Labute approximate surface area is 440 Å². The van der Waals surface area contributed by atoms with Crippen molar-refractivity contribution >= 4 is 69.8 Å². The van der Waals surface area contributed by atoms with Crippen LogP contribution in [0.5, 0.6) is 5.88 Å². The second kappa shape index (κ2) is 19.6. The summed E-state index contributed by atoms with van der Waals surface area (Å²) in [6, 6.07) is 14.1. The second-order valence-corrected chi connectivity index (χ2v) is 21.4. The number of hydrogen-bond acceptors (Lipinski definition) is 15. The predicted molar refractivity (Wildman–Crippen MR) is 285 cm³/mol. The monoisotopic (exact) mass is 1030 g/mol. The SMILES string of the molecule is C=CC(=O)Nc1cc(Nc2nc(-c3ccnc(N4CCn5c(cc6c5CC(C)(C)C6)C4=O)c3CO)cnc2OC)ccc1N1CCN(C2CCN(c3cccc4c3C(=O)N(C3CCC(=O)N(C)C3=O)C4=O)CC2)C[C@@H]1C. The van der Waals surface area contributed by atoms with Gasteiger partial charge in [0.25, 0.3) is 29.5 Å². The van der Waals surface area contributed by atoms with Crippen LogP contribution in [0.4, 0.5) is 34.4 Å². The molecular formula is C56H62N12O8. The van der Waals surface area contributed by atoms with E-state index in [0.717, 1.165) is 54.3 Å². The lowest BCUT2D eigenvalue weighted by Crippen LogP contribution is -2.57. The molecule has 6 amide bonds. The van der Waals surface area contributed by atoms with Crippen LogP contribution in [-0.4, -0.2) is 146 Å². The molecule has 20 nitrogen and oxygen atoms in total. The summed E-state index contributed by atoms with van der Waals surface area (Å²) in [6.45, 7) is 14.5. The van der Waals surface area contributed by atoms with Gasteiger partial charge in [0.05, 0.1) is 53.8 Å². The maximum Gasteiger partial charge on any atom is 0.276 e. The molecule has 8 heterocycles. The molecule has 6 aliphatic rings. The summed E-state index contributed by atoms with van der Waals surface area (Å²) in [5, 5.41) is 17.2. The zero-order valence-electron chi connectivity index (χ0n) is 43.5. The highest BCUT2D eigenvalue weighted by molar-refractivity contribution is 6.25. The van der Waals surface area contributed by atoms with Crippen LogP contribution in [0.15, 0.2) is 73.6 Å². The Morgan fingerprint density at radius 2 is 1.71 bits per heavy atom. The maximum atomic E-state index is 14.1. The number of imide groups is 2. The highest BCUT2D eigenvalue weighted by Gasteiger charge is 2.48. The number of methoxy groups -OCH3 is 1. The molecule has 1 unspecified atom stereocenters. The zero-order valence-corrected chi connectivity index (χ0v) is 43.5. The fourth-order valence-electron chi connectivity index (χ4n) is 12.4. The molecule has 2 aromatic carbocycles. The van der Waals surface area contributed by atoms with Gasteiger partial charge in [0.2, 0.25) is 11.8 Å². The standard InChI is InChI=1S/C56H62N12O8/c1-7-46(70)60-39-26-34(59-49-51(76-6)58-29-40(61-49)36-15-18-57-50(38(36)31-69)67-24-23-66-44(54(67)74)25-33-27-56(3,4)28-45(33)66)11-12-41(39)65-22-21-64(30-32(65)2)35-16-19-63(20-17-35)42-10-8-9-37-48(42)55(75)68(52(37)72)43-13-14-47(71)62(5)53(43)73/h7-12,15,18,25-26,29,32,35,43,69H,1,13-14,16-17,19-24,27-28,30-31H2,2-6H3,(H,59,61)(H,60,70)/t32-,43?/m0/s1. The third-order valence-electron chi connectivity index (χ3n) is 16.1. The van der Waals surface area contributed by atoms with Gasteiger partial charge in [0.1, 0.15) is 17.6 Å². The number of amides is 6. The average Bonchev–Trinajstić information content (AvgIpc) is 4.04. The molecule has 1 aliphatic carbocycles. The van der Waals surface area contributed by atoms with Gasteiger partial charge in [-0.3, -0.25) is 48.4 Å². The highest BCUT2D eigenvalue weighted by Crippen LogP contribution is 2.42.